The standard InChI is InChI=1S/C19H23ClN2O3/c20-16-6-2-1-5-15(16)17-7-8-18(25-17)19(24)21-9-11-22-10-3-4-14(12-22)13-23/h1-2,5-8,14,23H,3-4,9-13H2,(H,21,24). The first-order valence-electron chi connectivity index (χ1n) is 8.63. The Morgan fingerprint density at radius 1 is 1.32 bits per heavy atom. The van der Waals surface area contributed by atoms with Crippen LogP contribution in [0.2, 0.25) is 5.02 Å². The highest BCUT2D eigenvalue weighted by molar-refractivity contribution is 6.33. The molecule has 1 fully saturated rings. The van der Waals surface area contributed by atoms with Crippen LogP contribution >= 0.6 is 11.6 Å². The van der Waals surface area contributed by atoms with Crippen LogP contribution in [0.3, 0.4) is 0 Å². The molecular weight excluding hydrogens is 340 g/mol. The number of carbonyl (C=O) groups is 1. The van der Waals surface area contributed by atoms with Gasteiger partial charge in [0.25, 0.3) is 5.91 Å². The van der Waals surface area contributed by atoms with Crippen molar-refractivity contribution in [1.82, 2.24) is 10.2 Å². The lowest BCUT2D eigenvalue weighted by Gasteiger charge is -2.31. The van der Waals surface area contributed by atoms with E-state index in [2.05, 4.69) is 10.2 Å². The third-order valence-corrected chi connectivity index (χ3v) is 4.87. The first kappa shape index (κ1) is 18.0. The number of rotatable bonds is 6. The molecule has 5 nitrogen and oxygen atoms in total. The van der Waals surface area contributed by atoms with E-state index >= 15 is 0 Å². The Morgan fingerprint density at radius 2 is 2.16 bits per heavy atom. The van der Waals surface area contributed by atoms with Crippen molar-refractivity contribution in [3.63, 3.8) is 0 Å². The molecule has 1 unspecified atom stereocenters. The van der Waals surface area contributed by atoms with Gasteiger partial charge in [-0.05, 0) is 49.6 Å². The van der Waals surface area contributed by atoms with E-state index in [0.717, 1.165) is 38.0 Å². The molecule has 1 aromatic carbocycles. The summed E-state index contributed by atoms with van der Waals surface area (Å²) in [7, 11) is 0. The molecule has 1 saturated heterocycles. The summed E-state index contributed by atoms with van der Waals surface area (Å²) in [5.74, 6) is 0.987. The Labute approximate surface area is 152 Å². The molecule has 6 heteroatoms. The van der Waals surface area contributed by atoms with Gasteiger partial charge >= 0.3 is 0 Å². The van der Waals surface area contributed by atoms with Crippen LogP contribution < -0.4 is 5.32 Å². The number of nitrogens with one attached hydrogen (secondary N) is 1. The lowest BCUT2D eigenvalue weighted by molar-refractivity contribution is 0.0905. The third-order valence-electron chi connectivity index (χ3n) is 4.54. The van der Waals surface area contributed by atoms with Crippen molar-refractivity contribution in [2.24, 2.45) is 5.92 Å². The smallest absolute Gasteiger partial charge is 0.287 e. The molecule has 3 rings (SSSR count). The molecule has 1 amide bonds. The predicted octanol–water partition coefficient (Wildman–Crippen LogP) is 3.03. The zero-order chi connectivity index (χ0) is 17.6. The van der Waals surface area contributed by atoms with Gasteiger partial charge in [0.15, 0.2) is 5.76 Å². The van der Waals surface area contributed by atoms with Gasteiger partial charge in [-0.3, -0.25) is 4.79 Å². The summed E-state index contributed by atoms with van der Waals surface area (Å²) in [6.45, 7) is 3.48. The van der Waals surface area contributed by atoms with Crippen molar-refractivity contribution in [3.05, 3.63) is 47.2 Å². The van der Waals surface area contributed by atoms with Crippen LogP contribution in [0.25, 0.3) is 11.3 Å². The molecule has 0 aliphatic carbocycles. The van der Waals surface area contributed by atoms with Gasteiger partial charge in [0.2, 0.25) is 0 Å². The zero-order valence-corrected chi connectivity index (χ0v) is 14.8. The largest absolute Gasteiger partial charge is 0.451 e. The maximum Gasteiger partial charge on any atom is 0.287 e. The van der Waals surface area contributed by atoms with E-state index in [1.165, 1.54) is 0 Å². The van der Waals surface area contributed by atoms with Gasteiger partial charge < -0.3 is 19.7 Å². The number of hydrogen-bond donors (Lipinski definition) is 2. The van der Waals surface area contributed by atoms with Gasteiger partial charge in [-0.25, -0.2) is 0 Å². The fraction of sp³-hybridized carbons (Fsp3) is 0.421. The van der Waals surface area contributed by atoms with E-state index in [1.54, 1.807) is 18.2 Å². The minimum absolute atomic E-state index is 0.228. The first-order chi connectivity index (χ1) is 12.2. The molecule has 1 aliphatic heterocycles. The number of piperidine rings is 1. The summed E-state index contributed by atoms with van der Waals surface area (Å²) in [5.41, 5.74) is 0.770. The molecule has 2 aromatic rings. The van der Waals surface area contributed by atoms with Gasteiger partial charge in [-0.1, -0.05) is 23.7 Å². The van der Waals surface area contributed by atoms with Gasteiger partial charge in [0.1, 0.15) is 5.76 Å². The van der Waals surface area contributed by atoms with Crippen LogP contribution in [-0.2, 0) is 0 Å². The van der Waals surface area contributed by atoms with Crippen LogP contribution in [-0.4, -0.2) is 48.7 Å². The van der Waals surface area contributed by atoms with E-state index in [-0.39, 0.29) is 18.3 Å². The first-order valence-corrected chi connectivity index (χ1v) is 9.01. The SMILES string of the molecule is O=C(NCCN1CCCC(CO)C1)c1ccc(-c2ccccc2Cl)o1. The fourth-order valence-electron chi connectivity index (χ4n) is 3.18. The predicted molar refractivity (Wildman–Crippen MR) is 97.7 cm³/mol. The monoisotopic (exact) mass is 362 g/mol. The lowest BCUT2D eigenvalue weighted by Crippen LogP contribution is -2.41. The maximum absolute atomic E-state index is 12.2. The highest BCUT2D eigenvalue weighted by atomic mass is 35.5. The van der Waals surface area contributed by atoms with Crippen LogP contribution in [0.5, 0.6) is 0 Å². The number of aliphatic hydroxyl groups excluding tert-OH is 1. The number of furan rings is 1. The summed E-state index contributed by atoms with van der Waals surface area (Å²) in [6.07, 6.45) is 2.18. The van der Waals surface area contributed by atoms with Crippen molar-refractivity contribution in [2.75, 3.05) is 32.8 Å². The van der Waals surface area contributed by atoms with Crippen molar-refractivity contribution < 1.29 is 14.3 Å². The van der Waals surface area contributed by atoms with E-state index in [9.17, 15) is 9.90 Å². The van der Waals surface area contributed by atoms with Crippen molar-refractivity contribution >= 4 is 17.5 Å². The Bertz CT molecular complexity index is 716. The number of hydrogen-bond acceptors (Lipinski definition) is 4. The molecule has 1 aliphatic rings. The average Bonchev–Trinajstić information content (AvgIpc) is 3.12. The van der Waals surface area contributed by atoms with Crippen molar-refractivity contribution in [2.45, 2.75) is 12.8 Å². The molecule has 25 heavy (non-hydrogen) atoms. The van der Waals surface area contributed by atoms with Gasteiger partial charge in [0.05, 0.1) is 5.02 Å². The Hall–Kier alpha value is -1.82. The van der Waals surface area contributed by atoms with Crippen LogP contribution in [0.1, 0.15) is 23.4 Å². The third kappa shape index (κ3) is 4.63. The molecule has 1 aromatic heterocycles. The molecular formula is C19H23ClN2O3. The Balaban J connectivity index is 1.51. The van der Waals surface area contributed by atoms with Crippen LogP contribution in [0.4, 0.5) is 0 Å². The molecule has 1 atom stereocenters. The number of nitrogens with zero attached hydrogens (tertiary/aromatic N) is 1. The number of likely N-dealkylation sites (tertiary alicyclic amines) is 1. The minimum atomic E-state index is -0.228. The Morgan fingerprint density at radius 3 is 2.96 bits per heavy atom. The number of amides is 1. The minimum Gasteiger partial charge on any atom is -0.451 e. The Kier molecular flexibility index (Phi) is 6.13. The summed E-state index contributed by atoms with van der Waals surface area (Å²) in [6, 6.07) is 10.8. The summed E-state index contributed by atoms with van der Waals surface area (Å²) in [5, 5.41) is 12.7. The molecule has 0 saturated carbocycles. The van der Waals surface area contributed by atoms with E-state index in [4.69, 9.17) is 16.0 Å². The number of carbonyl (C=O) groups excluding carboxylic acids is 1. The molecule has 0 spiro atoms. The van der Waals surface area contributed by atoms with E-state index < -0.39 is 0 Å². The van der Waals surface area contributed by atoms with Gasteiger partial charge in [-0.2, -0.15) is 0 Å². The zero-order valence-electron chi connectivity index (χ0n) is 14.1. The summed E-state index contributed by atoms with van der Waals surface area (Å²) < 4.78 is 5.65. The highest BCUT2D eigenvalue weighted by Crippen LogP contribution is 2.28. The lowest BCUT2D eigenvalue weighted by atomic mass is 9.99. The second kappa shape index (κ2) is 8.52. The molecule has 134 valence electrons. The average molecular weight is 363 g/mol. The van der Waals surface area contributed by atoms with Crippen LogP contribution in [0, 0.1) is 5.92 Å². The van der Waals surface area contributed by atoms with Crippen molar-refractivity contribution in [1.29, 1.82) is 0 Å². The maximum atomic E-state index is 12.2. The molecule has 0 radical (unpaired) electrons. The van der Waals surface area contributed by atoms with Crippen molar-refractivity contribution in [3.8, 4) is 11.3 Å². The molecule has 2 heterocycles. The fourth-order valence-corrected chi connectivity index (χ4v) is 3.41. The number of benzene rings is 1. The summed E-state index contributed by atoms with van der Waals surface area (Å²) >= 11 is 6.16. The van der Waals surface area contributed by atoms with E-state index in [0.29, 0.717) is 23.2 Å². The second-order valence-electron chi connectivity index (χ2n) is 6.39. The normalized spacial score (nSPS) is 18.2. The summed E-state index contributed by atoms with van der Waals surface area (Å²) in [4.78, 5) is 14.5. The van der Waals surface area contributed by atoms with Gasteiger partial charge in [-0.15, -0.1) is 0 Å². The topological polar surface area (TPSA) is 65.7 Å². The van der Waals surface area contributed by atoms with E-state index in [1.807, 2.05) is 18.2 Å². The van der Waals surface area contributed by atoms with Crippen LogP contribution in [0.15, 0.2) is 40.8 Å². The second-order valence-corrected chi connectivity index (χ2v) is 6.80. The van der Waals surface area contributed by atoms with Gasteiger partial charge in [0, 0.05) is 31.8 Å². The number of halogens is 1. The number of aliphatic hydroxyl groups is 1. The highest BCUT2D eigenvalue weighted by Gasteiger charge is 2.19. The molecule has 0 bridgehead atoms. The quantitative estimate of drug-likeness (QED) is 0.829. The molecule has 2 N–H and O–H groups in total.